The molecular formula is C23H34O2. The molecule has 1 aromatic carbocycles. The van der Waals surface area contributed by atoms with E-state index >= 15 is 0 Å². The smallest absolute Gasteiger partial charge is 0.343 e. The third-order valence-electron chi connectivity index (χ3n) is 5.04. The van der Waals surface area contributed by atoms with Crippen LogP contribution in [0.3, 0.4) is 0 Å². The van der Waals surface area contributed by atoms with Gasteiger partial charge in [-0.15, -0.1) is 0 Å². The van der Waals surface area contributed by atoms with Gasteiger partial charge < -0.3 is 4.74 Å². The highest BCUT2D eigenvalue weighted by atomic mass is 16.5. The van der Waals surface area contributed by atoms with Gasteiger partial charge in [-0.05, 0) is 37.0 Å². The van der Waals surface area contributed by atoms with Crippen molar-refractivity contribution in [3.05, 3.63) is 47.7 Å². The Morgan fingerprint density at radius 1 is 0.840 bits per heavy atom. The second-order valence-corrected chi connectivity index (χ2v) is 7.44. The lowest BCUT2D eigenvalue weighted by Crippen LogP contribution is -2.06. The molecule has 0 saturated carbocycles. The Hall–Kier alpha value is -1.57. The molecule has 0 spiro atoms. The van der Waals surface area contributed by atoms with Gasteiger partial charge in [0, 0.05) is 6.42 Å². The molecule has 25 heavy (non-hydrogen) atoms. The van der Waals surface area contributed by atoms with E-state index in [0.717, 1.165) is 18.6 Å². The molecule has 0 aromatic heterocycles. The summed E-state index contributed by atoms with van der Waals surface area (Å²) in [5, 5.41) is 0. The van der Waals surface area contributed by atoms with Crippen molar-refractivity contribution in [1.29, 1.82) is 0 Å². The third-order valence-corrected chi connectivity index (χ3v) is 5.04. The summed E-state index contributed by atoms with van der Waals surface area (Å²) in [6.07, 6.45) is 17.4. The second kappa shape index (κ2) is 11.9. The number of carbonyl (C=O) groups is 1. The van der Waals surface area contributed by atoms with E-state index in [1.807, 2.05) is 30.3 Å². The quantitative estimate of drug-likeness (QED) is 0.538. The number of hydrogen-bond donors (Lipinski definition) is 0. The zero-order valence-corrected chi connectivity index (χ0v) is 15.8. The highest BCUT2D eigenvalue weighted by Crippen LogP contribution is 2.21. The van der Waals surface area contributed by atoms with E-state index in [-0.39, 0.29) is 5.97 Å². The van der Waals surface area contributed by atoms with Gasteiger partial charge in [0.05, 0.1) is 5.56 Å². The van der Waals surface area contributed by atoms with Crippen molar-refractivity contribution < 1.29 is 9.53 Å². The van der Waals surface area contributed by atoms with E-state index in [1.165, 1.54) is 64.2 Å². The maximum Gasteiger partial charge on any atom is 0.343 e. The Morgan fingerprint density at radius 3 is 2.04 bits per heavy atom. The molecule has 2 rings (SSSR count). The molecule has 1 unspecified atom stereocenters. The van der Waals surface area contributed by atoms with Crippen molar-refractivity contribution in [3.8, 4) is 0 Å². The molecule has 0 N–H and O–H groups in total. The lowest BCUT2D eigenvalue weighted by atomic mass is 10.0. The predicted octanol–water partition coefficient (Wildman–Crippen LogP) is 7.06. The molecule has 0 radical (unpaired) electrons. The van der Waals surface area contributed by atoms with Crippen molar-refractivity contribution in [2.75, 3.05) is 0 Å². The molecule has 1 atom stereocenters. The average Bonchev–Trinajstić information content (AvgIpc) is 2.63. The molecule has 1 aromatic rings. The molecule has 0 aliphatic heterocycles. The fourth-order valence-corrected chi connectivity index (χ4v) is 3.50. The van der Waals surface area contributed by atoms with Crippen LogP contribution in [0.5, 0.6) is 0 Å². The van der Waals surface area contributed by atoms with Crippen LogP contribution in [0.2, 0.25) is 0 Å². The van der Waals surface area contributed by atoms with Crippen LogP contribution >= 0.6 is 0 Å². The van der Waals surface area contributed by atoms with Gasteiger partial charge in [0.2, 0.25) is 0 Å². The summed E-state index contributed by atoms with van der Waals surface area (Å²) < 4.78 is 5.75. The molecule has 1 aliphatic carbocycles. The summed E-state index contributed by atoms with van der Waals surface area (Å²) >= 11 is 0. The van der Waals surface area contributed by atoms with Crippen LogP contribution in [0.4, 0.5) is 0 Å². The van der Waals surface area contributed by atoms with E-state index in [2.05, 4.69) is 13.0 Å². The van der Waals surface area contributed by atoms with Crippen LogP contribution in [-0.4, -0.2) is 5.97 Å². The standard InChI is InChI=1S/C23H34O2/c1-20-15-11-8-6-4-2-3-5-7-9-14-18-22(19-20)25-23(24)21-16-12-10-13-17-21/h10,12-13,16-17,19-20H,2-9,11,14-15,18H2,1H3/b22-19-. The number of benzene rings is 1. The fraction of sp³-hybridized carbons (Fsp3) is 0.609. The molecule has 0 heterocycles. The van der Waals surface area contributed by atoms with E-state index in [4.69, 9.17) is 4.74 Å². The average molecular weight is 343 g/mol. The molecule has 2 nitrogen and oxygen atoms in total. The topological polar surface area (TPSA) is 26.3 Å². The Morgan fingerprint density at radius 2 is 1.40 bits per heavy atom. The molecule has 0 fully saturated rings. The van der Waals surface area contributed by atoms with E-state index in [9.17, 15) is 4.79 Å². The Kier molecular flexibility index (Phi) is 9.40. The van der Waals surface area contributed by atoms with E-state index in [0.29, 0.717) is 11.5 Å². The van der Waals surface area contributed by atoms with Gasteiger partial charge in [-0.2, -0.15) is 0 Å². The minimum absolute atomic E-state index is 0.225. The summed E-state index contributed by atoms with van der Waals surface area (Å²) in [7, 11) is 0. The van der Waals surface area contributed by atoms with E-state index in [1.54, 1.807) is 0 Å². The first-order chi connectivity index (χ1) is 12.3. The molecule has 138 valence electrons. The normalized spacial score (nSPS) is 23.6. The zero-order chi connectivity index (χ0) is 17.7. The minimum atomic E-state index is -0.225. The highest BCUT2D eigenvalue weighted by Gasteiger charge is 2.11. The molecule has 0 saturated heterocycles. The van der Waals surface area contributed by atoms with Crippen LogP contribution in [0.1, 0.15) is 94.3 Å². The number of ether oxygens (including phenoxy) is 1. The predicted molar refractivity (Wildman–Crippen MR) is 105 cm³/mol. The monoisotopic (exact) mass is 342 g/mol. The first-order valence-corrected chi connectivity index (χ1v) is 10.2. The molecule has 0 bridgehead atoms. The van der Waals surface area contributed by atoms with Crippen molar-refractivity contribution in [1.82, 2.24) is 0 Å². The van der Waals surface area contributed by atoms with Crippen LogP contribution in [-0.2, 0) is 4.74 Å². The van der Waals surface area contributed by atoms with Crippen LogP contribution < -0.4 is 0 Å². The minimum Gasteiger partial charge on any atom is -0.428 e. The first-order valence-electron chi connectivity index (χ1n) is 10.2. The van der Waals surface area contributed by atoms with Crippen LogP contribution in [0.25, 0.3) is 0 Å². The SMILES string of the molecule is CC1/C=C(\OC(=O)c2ccccc2)CCCCCCCCCCCC1. The summed E-state index contributed by atoms with van der Waals surface area (Å²) in [6.45, 7) is 2.24. The van der Waals surface area contributed by atoms with Crippen molar-refractivity contribution >= 4 is 5.97 Å². The third kappa shape index (κ3) is 8.38. The summed E-state index contributed by atoms with van der Waals surface area (Å²) in [5.41, 5.74) is 0.631. The number of hydrogen-bond acceptors (Lipinski definition) is 2. The highest BCUT2D eigenvalue weighted by molar-refractivity contribution is 5.89. The number of carbonyl (C=O) groups excluding carboxylic acids is 1. The fourth-order valence-electron chi connectivity index (χ4n) is 3.50. The number of rotatable bonds is 2. The first kappa shape index (κ1) is 19.8. The maximum atomic E-state index is 12.4. The van der Waals surface area contributed by atoms with Gasteiger partial charge in [-0.25, -0.2) is 4.79 Å². The lowest BCUT2D eigenvalue weighted by Gasteiger charge is -2.12. The van der Waals surface area contributed by atoms with Crippen molar-refractivity contribution in [3.63, 3.8) is 0 Å². The van der Waals surface area contributed by atoms with Gasteiger partial charge in [0.15, 0.2) is 0 Å². The van der Waals surface area contributed by atoms with E-state index < -0.39 is 0 Å². The Balaban J connectivity index is 1.95. The van der Waals surface area contributed by atoms with Gasteiger partial charge in [-0.3, -0.25) is 0 Å². The van der Waals surface area contributed by atoms with Crippen LogP contribution in [0.15, 0.2) is 42.2 Å². The zero-order valence-electron chi connectivity index (χ0n) is 15.8. The van der Waals surface area contributed by atoms with Gasteiger partial charge in [0.25, 0.3) is 0 Å². The summed E-state index contributed by atoms with van der Waals surface area (Å²) in [4.78, 5) is 12.4. The Bertz CT molecular complexity index is 518. The molecular weight excluding hydrogens is 308 g/mol. The van der Waals surface area contributed by atoms with Gasteiger partial charge in [0.1, 0.15) is 5.76 Å². The Labute approximate surface area is 153 Å². The van der Waals surface area contributed by atoms with Crippen molar-refractivity contribution in [2.45, 2.75) is 84.0 Å². The maximum absolute atomic E-state index is 12.4. The van der Waals surface area contributed by atoms with Crippen LogP contribution in [0, 0.1) is 5.92 Å². The second-order valence-electron chi connectivity index (χ2n) is 7.44. The molecule has 0 amide bonds. The van der Waals surface area contributed by atoms with Gasteiger partial charge in [-0.1, -0.05) is 82.9 Å². The lowest BCUT2D eigenvalue weighted by molar-refractivity contribution is 0.0610. The van der Waals surface area contributed by atoms with Crippen molar-refractivity contribution in [2.24, 2.45) is 5.92 Å². The summed E-state index contributed by atoms with van der Waals surface area (Å²) in [5.74, 6) is 1.12. The number of esters is 1. The van der Waals surface area contributed by atoms with Gasteiger partial charge >= 0.3 is 5.97 Å². The summed E-state index contributed by atoms with van der Waals surface area (Å²) in [6, 6.07) is 9.31. The number of allylic oxidation sites excluding steroid dienone is 2. The largest absolute Gasteiger partial charge is 0.428 e. The molecule has 1 aliphatic rings. The molecule has 2 heteroatoms.